The molecule has 0 saturated heterocycles. The van der Waals surface area contributed by atoms with E-state index in [-0.39, 0.29) is 0 Å². The van der Waals surface area contributed by atoms with Gasteiger partial charge in [0.25, 0.3) is 0 Å². The molecule has 0 aliphatic rings. The van der Waals surface area contributed by atoms with Crippen LogP contribution in [-0.4, -0.2) is 9.55 Å². The Morgan fingerprint density at radius 2 is 1.75 bits per heavy atom. The van der Waals surface area contributed by atoms with Crippen LogP contribution in [0.2, 0.25) is 0 Å². The monoisotopic (exact) mass is 263 g/mol. The first-order valence-corrected chi connectivity index (χ1v) is 6.34. The third-order valence-electron chi connectivity index (χ3n) is 3.18. The second-order valence-corrected chi connectivity index (χ2v) is 4.53. The van der Waals surface area contributed by atoms with Crippen molar-refractivity contribution >= 4 is 5.69 Å². The molecule has 1 heterocycles. The summed E-state index contributed by atoms with van der Waals surface area (Å²) in [7, 11) is 0. The van der Waals surface area contributed by atoms with Gasteiger partial charge in [-0.05, 0) is 28.4 Å². The fourth-order valence-electron chi connectivity index (χ4n) is 2.15. The Hall–Kier alpha value is -2.75. The predicted molar refractivity (Wildman–Crippen MR) is 78.7 cm³/mol. The van der Waals surface area contributed by atoms with Crippen LogP contribution in [0.15, 0.2) is 72.3 Å². The number of hydrogen-bond acceptors (Lipinski definition) is 3. The van der Waals surface area contributed by atoms with E-state index < -0.39 is 0 Å². The van der Waals surface area contributed by atoms with E-state index in [0.29, 0.717) is 12.2 Å². The average Bonchev–Trinajstić information content (AvgIpc) is 2.97. The summed E-state index contributed by atoms with van der Waals surface area (Å²) in [4.78, 5) is 14.6. The SMILES string of the molecule is O=Nc1ccc(Cn2cncc2-c2ccccc2)cc1. The van der Waals surface area contributed by atoms with Crippen LogP contribution < -0.4 is 0 Å². The summed E-state index contributed by atoms with van der Waals surface area (Å²) < 4.78 is 2.08. The summed E-state index contributed by atoms with van der Waals surface area (Å²) in [5.74, 6) is 0. The summed E-state index contributed by atoms with van der Waals surface area (Å²) in [5.41, 5.74) is 3.76. The molecule has 4 heteroatoms. The molecular formula is C16H13N3O. The molecule has 0 bridgehead atoms. The molecule has 0 atom stereocenters. The van der Waals surface area contributed by atoms with Gasteiger partial charge in [0.1, 0.15) is 5.69 Å². The lowest BCUT2D eigenvalue weighted by molar-refractivity contribution is 0.805. The van der Waals surface area contributed by atoms with Gasteiger partial charge in [0.2, 0.25) is 0 Å². The van der Waals surface area contributed by atoms with Crippen LogP contribution in [0.5, 0.6) is 0 Å². The highest BCUT2D eigenvalue weighted by atomic mass is 16.3. The van der Waals surface area contributed by atoms with Crippen molar-refractivity contribution in [2.45, 2.75) is 6.54 Å². The minimum atomic E-state index is 0.447. The van der Waals surface area contributed by atoms with Crippen molar-refractivity contribution in [3.63, 3.8) is 0 Å². The van der Waals surface area contributed by atoms with Crippen molar-refractivity contribution in [1.29, 1.82) is 0 Å². The zero-order valence-corrected chi connectivity index (χ0v) is 10.8. The molecule has 3 rings (SSSR count). The summed E-state index contributed by atoms with van der Waals surface area (Å²) in [5, 5.41) is 2.90. The number of benzene rings is 2. The Morgan fingerprint density at radius 1 is 1.00 bits per heavy atom. The van der Waals surface area contributed by atoms with Crippen LogP contribution in [0, 0.1) is 4.91 Å². The van der Waals surface area contributed by atoms with Gasteiger partial charge in [-0.25, -0.2) is 4.98 Å². The third kappa shape index (κ3) is 2.49. The van der Waals surface area contributed by atoms with E-state index in [0.717, 1.165) is 16.8 Å². The lowest BCUT2D eigenvalue weighted by atomic mass is 10.1. The summed E-state index contributed by atoms with van der Waals surface area (Å²) in [6.45, 7) is 0.712. The lowest BCUT2D eigenvalue weighted by Crippen LogP contribution is -1.99. The van der Waals surface area contributed by atoms with Crippen molar-refractivity contribution in [2.75, 3.05) is 0 Å². The van der Waals surface area contributed by atoms with E-state index in [4.69, 9.17) is 0 Å². The Balaban J connectivity index is 1.88. The molecular weight excluding hydrogens is 250 g/mol. The van der Waals surface area contributed by atoms with Gasteiger partial charge in [-0.2, -0.15) is 0 Å². The molecule has 0 radical (unpaired) electrons. The Bertz CT molecular complexity index is 702. The average molecular weight is 263 g/mol. The first-order valence-electron chi connectivity index (χ1n) is 6.34. The van der Waals surface area contributed by atoms with Gasteiger partial charge in [-0.1, -0.05) is 42.5 Å². The molecule has 0 aliphatic heterocycles. The maximum atomic E-state index is 10.4. The van der Waals surface area contributed by atoms with Gasteiger partial charge < -0.3 is 4.57 Å². The molecule has 1 aromatic heterocycles. The van der Waals surface area contributed by atoms with E-state index in [1.165, 1.54) is 0 Å². The van der Waals surface area contributed by atoms with E-state index in [1.807, 2.05) is 42.9 Å². The zero-order chi connectivity index (χ0) is 13.8. The lowest BCUT2D eigenvalue weighted by Gasteiger charge is -2.08. The van der Waals surface area contributed by atoms with E-state index >= 15 is 0 Å². The summed E-state index contributed by atoms with van der Waals surface area (Å²) in [6, 6.07) is 17.4. The highest BCUT2D eigenvalue weighted by molar-refractivity contribution is 5.58. The quantitative estimate of drug-likeness (QED) is 0.668. The van der Waals surface area contributed by atoms with Crippen molar-refractivity contribution in [2.24, 2.45) is 5.18 Å². The largest absolute Gasteiger partial charge is 0.326 e. The van der Waals surface area contributed by atoms with Gasteiger partial charge in [0.05, 0.1) is 18.2 Å². The Morgan fingerprint density at radius 3 is 2.45 bits per heavy atom. The van der Waals surface area contributed by atoms with Crippen LogP contribution in [0.25, 0.3) is 11.3 Å². The predicted octanol–water partition coefficient (Wildman–Crippen LogP) is 4.00. The van der Waals surface area contributed by atoms with Crippen LogP contribution >= 0.6 is 0 Å². The normalized spacial score (nSPS) is 10.4. The molecule has 0 aliphatic carbocycles. The molecule has 0 fully saturated rings. The molecule has 0 spiro atoms. The van der Waals surface area contributed by atoms with Crippen LogP contribution in [0.4, 0.5) is 5.69 Å². The number of nitroso groups, excluding NO2 is 1. The second kappa shape index (κ2) is 5.48. The van der Waals surface area contributed by atoms with Crippen molar-refractivity contribution < 1.29 is 0 Å². The topological polar surface area (TPSA) is 47.2 Å². The number of imidazole rings is 1. The highest BCUT2D eigenvalue weighted by Crippen LogP contribution is 2.20. The molecule has 4 nitrogen and oxygen atoms in total. The standard InChI is InChI=1S/C16H13N3O/c20-18-15-8-6-13(7-9-15)11-19-12-17-10-16(19)14-4-2-1-3-5-14/h1-10,12H,11H2. The third-order valence-corrected chi connectivity index (χ3v) is 3.18. The molecule has 0 saturated carbocycles. The minimum Gasteiger partial charge on any atom is -0.326 e. The van der Waals surface area contributed by atoms with Crippen LogP contribution in [-0.2, 0) is 6.54 Å². The first-order chi connectivity index (χ1) is 9.86. The Labute approximate surface area is 116 Å². The molecule has 0 unspecified atom stereocenters. The van der Waals surface area contributed by atoms with Gasteiger partial charge in [0, 0.05) is 6.54 Å². The smallest absolute Gasteiger partial charge is 0.108 e. The second-order valence-electron chi connectivity index (χ2n) is 4.53. The van der Waals surface area contributed by atoms with Crippen molar-refractivity contribution in [1.82, 2.24) is 9.55 Å². The van der Waals surface area contributed by atoms with Crippen molar-refractivity contribution in [3.8, 4) is 11.3 Å². The molecule has 0 amide bonds. The minimum absolute atomic E-state index is 0.447. The summed E-state index contributed by atoms with van der Waals surface area (Å²) in [6.07, 6.45) is 3.67. The molecule has 2 aromatic carbocycles. The number of aromatic nitrogens is 2. The molecule has 3 aromatic rings. The van der Waals surface area contributed by atoms with E-state index in [9.17, 15) is 4.91 Å². The summed E-state index contributed by atoms with van der Waals surface area (Å²) >= 11 is 0. The fourth-order valence-corrected chi connectivity index (χ4v) is 2.15. The van der Waals surface area contributed by atoms with E-state index in [1.54, 1.807) is 12.1 Å². The van der Waals surface area contributed by atoms with Gasteiger partial charge in [0.15, 0.2) is 0 Å². The van der Waals surface area contributed by atoms with Crippen molar-refractivity contribution in [3.05, 3.63) is 77.6 Å². The number of nitrogens with zero attached hydrogens (tertiary/aromatic N) is 3. The first kappa shape index (κ1) is 12.3. The fraction of sp³-hybridized carbons (Fsp3) is 0.0625. The zero-order valence-electron chi connectivity index (χ0n) is 10.8. The molecule has 98 valence electrons. The highest BCUT2D eigenvalue weighted by Gasteiger charge is 2.05. The van der Waals surface area contributed by atoms with Gasteiger partial charge >= 0.3 is 0 Å². The maximum Gasteiger partial charge on any atom is 0.108 e. The van der Waals surface area contributed by atoms with Gasteiger partial charge in [-0.3, -0.25) is 0 Å². The number of rotatable bonds is 4. The molecule has 20 heavy (non-hydrogen) atoms. The number of hydrogen-bond donors (Lipinski definition) is 0. The maximum absolute atomic E-state index is 10.4. The Kier molecular flexibility index (Phi) is 3.37. The van der Waals surface area contributed by atoms with Crippen LogP contribution in [0.3, 0.4) is 0 Å². The molecule has 0 N–H and O–H groups in total. The van der Waals surface area contributed by atoms with Crippen LogP contribution in [0.1, 0.15) is 5.56 Å². The van der Waals surface area contributed by atoms with E-state index in [2.05, 4.69) is 26.9 Å². The van der Waals surface area contributed by atoms with Gasteiger partial charge in [-0.15, -0.1) is 4.91 Å².